The van der Waals surface area contributed by atoms with Gasteiger partial charge in [-0.25, -0.2) is 8.42 Å². The van der Waals surface area contributed by atoms with E-state index >= 15 is 0 Å². The molecule has 2 aliphatic heterocycles. The molecule has 1 atom stereocenters. The molecule has 0 saturated carbocycles. The summed E-state index contributed by atoms with van der Waals surface area (Å²) in [6, 6.07) is 14.1. The van der Waals surface area contributed by atoms with E-state index in [1.54, 1.807) is 48.4 Å². The van der Waals surface area contributed by atoms with Crippen molar-refractivity contribution in [2.24, 2.45) is 0 Å². The lowest BCUT2D eigenvalue weighted by molar-refractivity contribution is -0.900. The van der Waals surface area contributed by atoms with Gasteiger partial charge < -0.3 is 19.3 Å². The lowest BCUT2D eigenvalue weighted by Gasteiger charge is -2.31. The van der Waals surface area contributed by atoms with Crippen LogP contribution in [0.2, 0.25) is 0 Å². The molecule has 0 radical (unpaired) electrons. The van der Waals surface area contributed by atoms with Crippen molar-refractivity contribution in [1.29, 1.82) is 0 Å². The topological polar surface area (TPSA) is 80.6 Å². The van der Waals surface area contributed by atoms with Crippen LogP contribution in [0, 0.1) is 6.92 Å². The Balaban J connectivity index is 1.66. The second kappa shape index (κ2) is 9.58. The van der Waals surface area contributed by atoms with Gasteiger partial charge in [0.1, 0.15) is 25.0 Å². The van der Waals surface area contributed by atoms with Gasteiger partial charge in [0.15, 0.2) is 6.54 Å². The number of carbonyl (C=O) groups excluding carboxylic acids is 1. The van der Waals surface area contributed by atoms with Gasteiger partial charge in [-0.3, -0.25) is 4.79 Å². The van der Waals surface area contributed by atoms with Crippen LogP contribution in [-0.2, 0) is 19.6 Å². The van der Waals surface area contributed by atoms with Crippen LogP contribution in [0.4, 0.5) is 0 Å². The van der Waals surface area contributed by atoms with Crippen LogP contribution >= 0.6 is 0 Å². The number of morpholine rings is 1. The van der Waals surface area contributed by atoms with Gasteiger partial charge in [-0.2, -0.15) is 4.31 Å². The molecule has 0 spiro atoms. The van der Waals surface area contributed by atoms with Gasteiger partial charge in [0.2, 0.25) is 10.0 Å². The fourth-order valence-corrected chi connectivity index (χ4v) is 5.81. The fraction of sp³-hybridized carbons (Fsp3) is 0.435. The van der Waals surface area contributed by atoms with E-state index in [0.717, 1.165) is 29.1 Å². The Morgan fingerprint density at radius 2 is 1.72 bits per heavy atom. The molecule has 2 aliphatic rings. The molecule has 1 amide bonds. The SMILES string of the molecule is COc1ccc([C@@H]2N(C(=O)C[NH+]3CCOCC3)CCN2S(=O)(=O)c2ccc(C)cc2)cc1. The maximum absolute atomic E-state index is 13.6. The van der Waals surface area contributed by atoms with Crippen LogP contribution in [0.1, 0.15) is 17.3 Å². The van der Waals surface area contributed by atoms with E-state index < -0.39 is 16.2 Å². The number of carbonyl (C=O) groups is 1. The van der Waals surface area contributed by atoms with Crippen molar-refractivity contribution in [2.45, 2.75) is 18.0 Å². The smallest absolute Gasteiger partial charge is 0.279 e. The standard InChI is InChI=1S/C23H29N3O5S/c1-18-3-9-21(10-4-18)32(28,29)26-12-11-25(22(27)17-24-13-15-31-16-14-24)23(26)19-5-7-20(30-2)8-6-19/h3-10,23H,11-17H2,1-2H3/p+1/t23-/m1/s1. The molecule has 0 bridgehead atoms. The Kier molecular flexibility index (Phi) is 6.80. The lowest BCUT2D eigenvalue weighted by Crippen LogP contribution is -3.15. The minimum Gasteiger partial charge on any atom is -0.497 e. The van der Waals surface area contributed by atoms with Crippen molar-refractivity contribution in [3.8, 4) is 5.75 Å². The number of quaternary nitrogens is 1. The molecule has 1 N–H and O–H groups in total. The maximum atomic E-state index is 13.6. The van der Waals surface area contributed by atoms with Gasteiger partial charge in [0.25, 0.3) is 5.91 Å². The molecule has 2 aromatic rings. The van der Waals surface area contributed by atoms with E-state index in [9.17, 15) is 13.2 Å². The van der Waals surface area contributed by atoms with E-state index in [4.69, 9.17) is 9.47 Å². The molecule has 4 rings (SSSR count). The number of amides is 1. The number of ether oxygens (including phenoxy) is 2. The third-order valence-corrected chi connectivity index (χ3v) is 7.96. The molecular formula is C23H30N3O5S+. The van der Waals surface area contributed by atoms with E-state index in [1.807, 2.05) is 19.1 Å². The van der Waals surface area contributed by atoms with Crippen LogP contribution in [0.25, 0.3) is 0 Å². The summed E-state index contributed by atoms with van der Waals surface area (Å²) in [7, 11) is -2.20. The van der Waals surface area contributed by atoms with Crippen LogP contribution in [-0.4, -0.2) is 76.6 Å². The molecule has 2 heterocycles. The fourth-order valence-electron chi connectivity index (χ4n) is 4.24. The highest BCUT2D eigenvalue weighted by atomic mass is 32.2. The number of sulfonamides is 1. The molecule has 2 fully saturated rings. The first-order valence-electron chi connectivity index (χ1n) is 10.8. The number of methoxy groups -OCH3 is 1. The van der Waals surface area contributed by atoms with Crippen molar-refractivity contribution in [1.82, 2.24) is 9.21 Å². The monoisotopic (exact) mass is 460 g/mol. The molecular weight excluding hydrogens is 430 g/mol. The highest BCUT2D eigenvalue weighted by Gasteiger charge is 2.44. The normalized spacial score (nSPS) is 20.4. The van der Waals surface area contributed by atoms with E-state index in [2.05, 4.69) is 0 Å². The summed E-state index contributed by atoms with van der Waals surface area (Å²) in [5.41, 5.74) is 1.73. The van der Waals surface area contributed by atoms with Crippen LogP contribution in [0.3, 0.4) is 0 Å². The largest absolute Gasteiger partial charge is 0.497 e. The summed E-state index contributed by atoms with van der Waals surface area (Å²) < 4.78 is 39.2. The average Bonchev–Trinajstić information content (AvgIpc) is 3.26. The first-order chi connectivity index (χ1) is 15.4. The predicted octanol–water partition coefficient (Wildman–Crippen LogP) is 0.450. The quantitative estimate of drug-likeness (QED) is 0.677. The Hall–Kier alpha value is -2.46. The first kappa shape index (κ1) is 22.7. The summed E-state index contributed by atoms with van der Waals surface area (Å²) in [6.45, 7) is 5.67. The molecule has 172 valence electrons. The predicted molar refractivity (Wildman–Crippen MR) is 119 cm³/mol. The molecule has 2 aromatic carbocycles. The van der Waals surface area contributed by atoms with Gasteiger partial charge in [-0.05, 0) is 36.8 Å². The van der Waals surface area contributed by atoms with Gasteiger partial charge in [0.05, 0.1) is 25.2 Å². The second-order valence-electron chi connectivity index (χ2n) is 8.20. The highest BCUT2D eigenvalue weighted by Crippen LogP contribution is 2.35. The first-order valence-corrected chi connectivity index (χ1v) is 12.3. The number of hydrogen-bond donors (Lipinski definition) is 1. The maximum Gasteiger partial charge on any atom is 0.279 e. The van der Waals surface area contributed by atoms with Crippen molar-refractivity contribution in [3.05, 3.63) is 59.7 Å². The van der Waals surface area contributed by atoms with Crippen molar-refractivity contribution < 1.29 is 27.6 Å². The summed E-state index contributed by atoms with van der Waals surface area (Å²) in [5, 5.41) is 0. The Morgan fingerprint density at radius 1 is 1.06 bits per heavy atom. The van der Waals surface area contributed by atoms with Crippen molar-refractivity contribution in [2.75, 3.05) is 53.0 Å². The molecule has 0 aromatic heterocycles. The van der Waals surface area contributed by atoms with Gasteiger partial charge in [-0.1, -0.05) is 29.8 Å². The third-order valence-electron chi connectivity index (χ3n) is 6.09. The number of benzene rings is 2. The van der Waals surface area contributed by atoms with Gasteiger partial charge in [0, 0.05) is 13.1 Å². The zero-order chi connectivity index (χ0) is 22.7. The number of nitrogens with one attached hydrogen (secondary N) is 1. The van der Waals surface area contributed by atoms with Crippen molar-refractivity contribution in [3.63, 3.8) is 0 Å². The highest BCUT2D eigenvalue weighted by molar-refractivity contribution is 7.89. The summed E-state index contributed by atoms with van der Waals surface area (Å²) in [5.74, 6) is 0.625. The Bertz CT molecular complexity index is 1030. The number of hydrogen-bond acceptors (Lipinski definition) is 5. The number of nitrogens with zero attached hydrogens (tertiary/aromatic N) is 2. The average molecular weight is 461 g/mol. The molecule has 9 heteroatoms. The number of aryl methyl sites for hydroxylation is 1. The Morgan fingerprint density at radius 3 is 2.34 bits per heavy atom. The van der Waals surface area contributed by atoms with E-state index in [-0.39, 0.29) is 17.3 Å². The zero-order valence-corrected chi connectivity index (χ0v) is 19.3. The molecule has 0 aliphatic carbocycles. The minimum absolute atomic E-state index is 0.0516. The van der Waals surface area contributed by atoms with E-state index in [0.29, 0.717) is 32.1 Å². The zero-order valence-electron chi connectivity index (χ0n) is 18.5. The summed E-state index contributed by atoms with van der Waals surface area (Å²) in [6.07, 6.45) is -0.694. The van der Waals surface area contributed by atoms with Gasteiger partial charge in [-0.15, -0.1) is 0 Å². The van der Waals surface area contributed by atoms with Gasteiger partial charge >= 0.3 is 0 Å². The molecule has 2 saturated heterocycles. The third kappa shape index (κ3) is 4.66. The minimum atomic E-state index is -3.79. The summed E-state index contributed by atoms with van der Waals surface area (Å²) in [4.78, 5) is 16.4. The Labute approximate surface area is 189 Å². The van der Waals surface area contributed by atoms with E-state index in [1.165, 1.54) is 4.31 Å². The van der Waals surface area contributed by atoms with Crippen molar-refractivity contribution >= 4 is 15.9 Å². The molecule has 0 unspecified atom stereocenters. The second-order valence-corrected chi connectivity index (χ2v) is 10.1. The molecule has 32 heavy (non-hydrogen) atoms. The number of rotatable bonds is 6. The van der Waals surface area contributed by atoms with Crippen LogP contribution in [0.5, 0.6) is 5.75 Å². The van der Waals surface area contributed by atoms with Crippen LogP contribution < -0.4 is 9.64 Å². The lowest BCUT2D eigenvalue weighted by atomic mass is 10.1. The molecule has 8 nitrogen and oxygen atoms in total. The van der Waals surface area contributed by atoms with Crippen LogP contribution in [0.15, 0.2) is 53.4 Å². The summed E-state index contributed by atoms with van der Waals surface area (Å²) >= 11 is 0.